The predicted octanol–water partition coefficient (Wildman–Crippen LogP) is 11.8. The van der Waals surface area contributed by atoms with Gasteiger partial charge in [-0.3, -0.25) is 4.57 Å². The van der Waals surface area contributed by atoms with Gasteiger partial charge in [0.2, 0.25) is 0 Å². The Morgan fingerprint density at radius 3 is 2.35 bits per heavy atom. The minimum absolute atomic E-state index is 0.669. The van der Waals surface area contributed by atoms with Gasteiger partial charge >= 0.3 is 0 Å². The molecular formula is C44H46N4O. The fraction of sp³-hybridized carbons (Fsp3) is 0.273. The summed E-state index contributed by atoms with van der Waals surface area (Å²) < 4.78 is 10.9. The highest BCUT2D eigenvalue weighted by Gasteiger charge is 2.17. The molecule has 0 unspecified atom stereocenters. The number of unbranched alkanes of at least 4 members (excludes halogenated alkanes) is 2. The Labute approximate surface area is 290 Å². The maximum Gasteiger partial charge on any atom is 0.137 e. The van der Waals surface area contributed by atoms with Gasteiger partial charge in [-0.15, -0.1) is 0 Å². The SMILES string of the molecule is CCCCCc1ccnc(-n2c3ccc(CCC(C)C)cc3c3ccc(Oc4cccc(-n5nc(C)c(-c6ccccc6)c5C)c4)cc32)c1. The van der Waals surface area contributed by atoms with Crippen molar-refractivity contribution in [3.63, 3.8) is 0 Å². The highest BCUT2D eigenvalue weighted by Crippen LogP contribution is 2.37. The zero-order chi connectivity index (χ0) is 33.9. The molecule has 5 nitrogen and oxygen atoms in total. The third-order valence-electron chi connectivity index (χ3n) is 9.57. The fourth-order valence-corrected chi connectivity index (χ4v) is 7.02. The van der Waals surface area contributed by atoms with Crippen molar-refractivity contribution in [3.8, 4) is 34.1 Å². The van der Waals surface area contributed by atoms with Gasteiger partial charge in [0.15, 0.2) is 0 Å². The van der Waals surface area contributed by atoms with Crippen molar-refractivity contribution in [1.82, 2.24) is 19.3 Å². The zero-order valence-electron chi connectivity index (χ0n) is 29.4. The van der Waals surface area contributed by atoms with E-state index >= 15 is 0 Å². The summed E-state index contributed by atoms with van der Waals surface area (Å²) in [5.41, 5.74) is 10.4. The quantitative estimate of drug-likeness (QED) is 0.124. The lowest BCUT2D eigenvalue weighted by Gasteiger charge is -2.11. The first-order chi connectivity index (χ1) is 23.9. The number of pyridine rings is 1. The van der Waals surface area contributed by atoms with Crippen molar-refractivity contribution >= 4 is 21.8 Å². The molecule has 5 heteroatoms. The molecule has 49 heavy (non-hydrogen) atoms. The van der Waals surface area contributed by atoms with Crippen LogP contribution in [-0.4, -0.2) is 19.3 Å². The molecular weight excluding hydrogens is 601 g/mol. The van der Waals surface area contributed by atoms with Crippen molar-refractivity contribution in [2.24, 2.45) is 5.92 Å². The minimum Gasteiger partial charge on any atom is -0.457 e. The molecule has 7 rings (SSSR count). The molecule has 7 aromatic rings. The highest BCUT2D eigenvalue weighted by atomic mass is 16.5. The predicted molar refractivity (Wildman–Crippen MR) is 204 cm³/mol. The second-order valence-corrected chi connectivity index (χ2v) is 13.7. The Balaban J connectivity index is 1.27. The summed E-state index contributed by atoms with van der Waals surface area (Å²) in [6.45, 7) is 11.0. The number of aromatic nitrogens is 4. The number of benzene rings is 4. The van der Waals surface area contributed by atoms with Crippen LogP contribution in [0.25, 0.3) is 44.4 Å². The van der Waals surface area contributed by atoms with Gasteiger partial charge in [0.05, 0.1) is 22.4 Å². The molecule has 0 aliphatic carbocycles. The summed E-state index contributed by atoms with van der Waals surface area (Å²) in [5, 5.41) is 7.38. The number of rotatable bonds is 12. The van der Waals surface area contributed by atoms with Gasteiger partial charge in [-0.2, -0.15) is 5.10 Å². The van der Waals surface area contributed by atoms with Crippen LogP contribution < -0.4 is 4.74 Å². The van der Waals surface area contributed by atoms with E-state index in [1.807, 2.05) is 29.1 Å². The van der Waals surface area contributed by atoms with Gasteiger partial charge < -0.3 is 4.74 Å². The van der Waals surface area contributed by atoms with Crippen LogP contribution in [0.1, 0.15) is 69.0 Å². The van der Waals surface area contributed by atoms with E-state index in [0.717, 1.165) is 52.8 Å². The zero-order valence-corrected chi connectivity index (χ0v) is 29.4. The van der Waals surface area contributed by atoms with Crippen LogP contribution in [0.2, 0.25) is 0 Å². The van der Waals surface area contributed by atoms with Gasteiger partial charge in [-0.05, 0) is 111 Å². The van der Waals surface area contributed by atoms with Gasteiger partial charge in [-0.25, -0.2) is 9.67 Å². The Morgan fingerprint density at radius 1 is 0.714 bits per heavy atom. The van der Waals surface area contributed by atoms with E-state index in [1.165, 1.54) is 64.2 Å². The van der Waals surface area contributed by atoms with Crippen LogP contribution in [0.3, 0.4) is 0 Å². The van der Waals surface area contributed by atoms with Gasteiger partial charge in [-0.1, -0.05) is 76.1 Å². The van der Waals surface area contributed by atoms with E-state index in [2.05, 4.69) is 124 Å². The molecule has 3 aromatic heterocycles. The minimum atomic E-state index is 0.669. The topological polar surface area (TPSA) is 44.9 Å². The maximum absolute atomic E-state index is 6.60. The van der Waals surface area contributed by atoms with Crippen LogP contribution in [0, 0.1) is 19.8 Å². The number of nitrogens with zero attached hydrogens (tertiary/aromatic N) is 4. The highest BCUT2D eigenvalue weighted by molar-refractivity contribution is 6.09. The molecule has 0 atom stereocenters. The lowest BCUT2D eigenvalue weighted by atomic mass is 10.0. The first kappa shape index (κ1) is 32.4. The van der Waals surface area contributed by atoms with E-state index in [0.29, 0.717) is 5.92 Å². The van der Waals surface area contributed by atoms with Crippen molar-refractivity contribution < 1.29 is 4.74 Å². The maximum atomic E-state index is 6.60. The molecule has 0 bridgehead atoms. The average Bonchev–Trinajstić information content (AvgIpc) is 3.60. The lowest BCUT2D eigenvalue weighted by molar-refractivity contribution is 0.482. The smallest absolute Gasteiger partial charge is 0.137 e. The van der Waals surface area contributed by atoms with E-state index in [9.17, 15) is 0 Å². The summed E-state index contributed by atoms with van der Waals surface area (Å²) in [6, 6.07) is 36.5. The first-order valence-corrected chi connectivity index (χ1v) is 17.8. The molecule has 4 aromatic carbocycles. The number of hydrogen-bond acceptors (Lipinski definition) is 3. The number of fused-ring (bicyclic) bond motifs is 3. The second kappa shape index (κ2) is 14.1. The molecule has 0 fully saturated rings. The summed E-state index contributed by atoms with van der Waals surface area (Å²) in [4.78, 5) is 4.90. The third kappa shape index (κ3) is 6.76. The van der Waals surface area contributed by atoms with Crippen LogP contribution in [0.4, 0.5) is 0 Å². The molecule has 0 aliphatic rings. The molecule has 0 radical (unpaired) electrons. The monoisotopic (exact) mass is 646 g/mol. The van der Waals surface area contributed by atoms with E-state index < -0.39 is 0 Å². The Bertz CT molecular complexity index is 2220. The molecule has 0 saturated carbocycles. The van der Waals surface area contributed by atoms with Crippen LogP contribution in [-0.2, 0) is 12.8 Å². The number of aryl methyl sites for hydroxylation is 3. The standard InChI is InChI=1S/C44H46N4O/c1-6-7-9-13-33-24-25-45-43(27-33)47-41-23-20-34(19-18-30(2)3)26-40(41)39-22-21-38(29-42(39)47)49-37-17-12-16-36(28-37)48-32(5)44(31(4)46-48)35-14-10-8-11-15-35/h8,10-12,14-17,20-30H,6-7,9,13,18-19H2,1-5H3. The van der Waals surface area contributed by atoms with Crippen LogP contribution >= 0.6 is 0 Å². The van der Waals surface area contributed by atoms with Crippen molar-refractivity contribution in [2.45, 2.75) is 73.1 Å². The second-order valence-electron chi connectivity index (χ2n) is 13.7. The van der Waals surface area contributed by atoms with Gasteiger partial charge in [0, 0.05) is 40.4 Å². The Hall–Kier alpha value is -5.16. The molecule has 0 spiro atoms. The Morgan fingerprint density at radius 2 is 1.53 bits per heavy atom. The van der Waals surface area contributed by atoms with Crippen molar-refractivity contribution in [2.75, 3.05) is 0 Å². The van der Waals surface area contributed by atoms with Gasteiger partial charge in [0.25, 0.3) is 0 Å². The summed E-state index contributed by atoms with van der Waals surface area (Å²) in [5.74, 6) is 3.16. The van der Waals surface area contributed by atoms with Crippen LogP contribution in [0.15, 0.2) is 109 Å². The van der Waals surface area contributed by atoms with Gasteiger partial charge in [0.1, 0.15) is 17.3 Å². The molecule has 0 N–H and O–H groups in total. The normalized spacial score (nSPS) is 11.6. The van der Waals surface area contributed by atoms with E-state index in [1.54, 1.807) is 0 Å². The van der Waals surface area contributed by atoms with Crippen molar-refractivity contribution in [3.05, 3.63) is 132 Å². The lowest BCUT2D eigenvalue weighted by Crippen LogP contribution is -2.00. The largest absolute Gasteiger partial charge is 0.457 e. The molecule has 0 saturated heterocycles. The number of hydrogen-bond donors (Lipinski definition) is 0. The van der Waals surface area contributed by atoms with E-state index in [-0.39, 0.29) is 0 Å². The fourth-order valence-electron chi connectivity index (χ4n) is 7.02. The molecule has 0 aliphatic heterocycles. The van der Waals surface area contributed by atoms with E-state index in [4.69, 9.17) is 14.8 Å². The molecule has 3 heterocycles. The van der Waals surface area contributed by atoms with Crippen LogP contribution in [0.5, 0.6) is 11.5 Å². The summed E-state index contributed by atoms with van der Waals surface area (Å²) in [6.07, 6.45) is 8.91. The average molecular weight is 647 g/mol. The first-order valence-electron chi connectivity index (χ1n) is 17.8. The molecule has 0 amide bonds. The van der Waals surface area contributed by atoms with Crippen molar-refractivity contribution in [1.29, 1.82) is 0 Å². The Kier molecular flexibility index (Phi) is 9.34. The summed E-state index contributed by atoms with van der Waals surface area (Å²) >= 11 is 0. The molecule has 248 valence electrons. The summed E-state index contributed by atoms with van der Waals surface area (Å²) in [7, 11) is 0. The number of ether oxygens (including phenoxy) is 1. The third-order valence-corrected chi connectivity index (χ3v) is 9.57.